The fraction of sp³-hybridized carbons (Fsp3) is 0.933. The predicted molar refractivity (Wildman–Crippen MR) is 83.7 cm³/mol. The molecule has 0 saturated carbocycles. The Morgan fingerprint density at radius 3 is 2.37 bits per heavy atom. The lowest BCUT2D eigenvalue weighted by molar-refractivity contribution is 0.289. The van der Waals surface area contributed by atoms with Gasteiger partial charge >= 0.3 is 0 Å². The largest absolute Gasteiger partial charge is 0.357 e. The van der Waals surface area contributed by atoms with Gasteiger partial charge in [0, 0.05) is 26.2 Å². The summed E-state index contributed by atoms with van der Waals surface area (Å²) in [4.78, 5) is 7.17. The predicted octanol–water partition coefficient (Wildman–Crippen LogP) is 2.07. The lowest BCUT2D eigenvalue weighted by Gasteiger charge is -2.20. The third-order valence-corrected chi connectivity index (χ3v) is 3.38. The van der Waals surface area contributed by atoms with Crippen molar-refractivity contribution in [2.45, 2.75) is 46.5 Å². The molecule has 0 unspecified atom stereocenters. The van der Waals surface area contributed by atoms with Crippen molar-refractivity contribution in [2.75, 3.05) is 39.3 Å². The van der Waals surface area contributed by atoms with Gasteiger partial charge < -0.3 is 15.5 Å². The van der Waals surface area contributed by atoms with Crippen LogP contribution in [0.4, 0.5) is 0 Å². The first kappa shape index (κ1) is 16.3. The molecule has 0 aromatic carbocycles. The lowest BCUT2D eigenvalue weighted by atomic mass is 10.2. The van der Waals surface area contributed by atoms with Gasteiger partial charge in [0.25, 0.3) is 0 Å². The number of hydrogen-bond acceptors (Lipinski definition) is 2. The number of guanidine groups is 1. The summed E-state index contributed by atoms with van der Waals surface area (Å²) < 4.78 is 0. The zero-order chi connectivity index (χ0) is 13.9. The van der Waals surface area contributed by atoms with Gasteiger partial charge in [0.15, 0.2) is 5.96 Å². The molecule has 0 aliphatic carbocycles. The quantitative estimate of drug-likeness (QED) is 0.572. The third kappa shape index (κ3) is 8.09. The molecule has 0 radical (unpaired) electrons. The first-order valence-corrected chi connectivity index (χ1v) is 7.97. The maximum absolute atomic E-state index is 4.59. The molecular formula is C15H32N4. The average molecular weight is 268 g/mol. The number of likely N-dealkylation sites (tertiary alicyclic amines) is 1. The minimum atomic E-state index is 0.612. The molecule has 0 aromatic heterocycles. The van der Waals surface area contributed by atoms with Gasteiger partial charge in [-0.2, -0.15) is 0 Å². The standard InChI is InChI=1S/C15H32N4/c1-4-16-15(18-13-14(2)3)17-9-12-19-10-7-5-6-8-11-19/h14H,4-13H2,1-3H3,(H2,16,17,18). The lowest BCUT2D eigenvalue weighted by Crippen LogP contribution is -2.42. The summed E-state index contributed by atoms with van der Waals surface area (Å²) in [5.74, 6) is 1.58. The van der Waals surface area contributed by atoms with Gasteiger partial charge in [-0.1, -0.05) is 26.7 Å². The van der Waals surface area contributed by atoms with Crippen LogP contribution in [-0.4, -0.2) is 50.1 Å². The highest BCUT2D eigenvalue weighted by atomic mass is 15.2. The monoisotopic (exact) mass is 268 g/mol. The van der Waals surface area contributed by atoms with Crippen molar-refractivity contribution in [3.63, 3.8) is 0 Å². The van der Waals surface area contributed by atoms with E-state index in [1.54, 1.807) is 0 Å². The SMILES string of the molecule is CCNC(=NCC(C)C)NCCN1CCCCCC1. The molecule has 1 rings (SSSR count). The molecule has 0 atom stereocenters. The topological polar surface area (TPSA) is 39.7 Å². The Morgan fingerprint density at radius 2 is 1.79 bits per heavy atom. The number of rotatable bonds is 6. The molecule has 1 aliphatic rings. The Bertz CT molecular complexity index is 243. The van der Waals surface area contributed by atoms with Gasteiger partial charge in [0.1, 0.15) is 0 Å². The molecule has 4 heteroatoms. The van der Waals surface area contributed by atoms with Crippen molar-refractivity contribution in [1.82, 2.24) is 15.5 Å². The zero-order valence-corrected chi connectivity index (χ0v) is 13.0. The molecule has 1 fully saturated rings. The molecule has 1 aliphatic heterocycles. The second kappa shape index (κ2) is 10.1. The van der Waals surface area contributed by atoms with Crippen LogP contribution in [0.2, 0.25) is 0 Å². The Kier molecular flexibility index (Phi) is 8.63. The van der Waals surface area contributed by atoms with Crippen LogP contribution < -0.4 is 10.6 Å². The minimum Gasteiger partial charge on any atom is -0.357 e. The van der Waals surface area contributed by atoms with Gasteiger partial charge in [-0.05, 0) is 38.8 Å². The second-order valence-corrected chi connectivity index (χ2v) is 5.80. The van der Waals surface area contributed by atoms with E-state index in [-0.39, 0.29) is 0 Å². The van der Waals surface area contributed by atoms with Crippen molar-refractivity contribution in [1.29, 1.82) is 0 Å². The van der Waals surface area contributed by atoms with Crippen LogP contribution in [0, 0.1) is 5.92 Å². The van der Waals surface area contributed by atoms with Gasteiger partial charge in [-0.15, -0.1) is 0 Å². The molecule has 19 heavy (non-hydrogen) atoms. The molecule has 112 valence electrons. The van der Waals surface area contributed by atoms with E-state index >= 15 is 0 Å². The summed E-state index contributed by atoms with van der Waals surface area (Å²) in [6.45, 7) is 13.0. The Labute approximate surface area is 119 Å². The molecule has 1 heterocycles. The third-order valence-electron chi connectivity index (χ3n) is 3.38. The van der Waals surface area contributed by atoms with Crippen molar-refractivity contribution < 1.29 is 0 Å². The van der Waals surface area contributed by atoms with Gasteiger partial charge in [-0.25, -0.2) is 0 Å². The van der Waals surface area contributed by atoms with Crippen molar-refractivity contribution >= 4 is 5.96 Å². The van der Waals surface area contributed by atoms with E-state index in [2.05, 4.69) is 41.3 Å². The molecule has 0 aromatic rings. The molecule has 1 saturated heterocycles. The van der Waals surface area contributed by atoms with E-state index < -0.39 is 0 Å². The number of nitrogens with one attached hydrogen (secondary N) is 2. The maximum atomic E-state index is 4.59. The summed E-state index contributed by atoms with van der Waals surface area (Å²) in [5, 5.41) is 6.75. The fourth-order valence-corrected chi connectivity index (χ4v) is 2.31. The number of aliphatic imine (C=N–C) groups is 1. The normalized spacial score (nSPS) is 18.4. The van der Waals surface area contributed by atoms with Crippen molar-refractivity contribution in [3.05, 3.63) is 0 Å². The minimum absolute atomic E-state index is 0.612. The van der Waals surface area contributed by atoms with Crippen LogP contribution in [0.3, 0.4) is 0 Å². The van der Waals surface area contributed by atoms with E-state index in [0.29, 0.717) is 5.92 Å². The average Bonchev–Trinajstić information content (AvgIpc) is 2.64. The van der Waals surface area contributed by atoms with E-state index in [1.165, 1.54) is 38.8 Å². The highest BCUT2D eigenvalue weighted by Gasteiger charge is 2.08. The van der Waals surface area contributed by atoms with Gasteiger partial charge in [0.2, 0.25) is 0 Å². The summed E-state index contributed by atoms with van der Waals surface area (Å²) in [6.07, 6.45) is 5.54. The van der Waals surface area contributed by atoms with E-state index in [4.69, 9.17) is 0 Å². The van der Waals surface area contributed by atoms with Crippen molar-refractivity contribution in [3.8, 4) is 0 Å². The van der Waals surface area contributed by atoms with Crippen molar-refractivity contribution in [2.24, 2.45) is 10.9 Å². The first-order valence-electron chi connectivity index (χ1n) is 7.97. The summed E-state index contributed by atoms with van der Waals surface area (Å²) >= 11 is 0. The van der Waals surface area contributed by atoms with E-state index in [0.717, 1.165) is 32.1 Å². The van der Waals surface area contributed by atoms with Crippen LogP contribution in [0.5, 0.6) is 0 Å². The van der Waals surface area contributed by atoms with Crippen LogP contribution in [0.1, 0.15) is 46.5 Å². The summed E-state index contributed by atoms with van der Waals surface area (Å²) in [5.41, 5.74) is 0. The molecule has 2 N–H and O–H groups in total. The second-order valence-electron chi connectivity index (χ2n) is 5.80. The zero-order valence-electron chi connectivity index (χ0n) is 13.0. The highest BCUT2D eigenvalue weighted by Crippen LogP contribution is 2.08. The van der Waals surface area contributed by atoms with Gasteiger partial charge in [0.05, 0.1) is 0 Å². The first-order chi connectivity index (χ1) is 9.22. The summed E-state index contributed by atoms with van der Waals surface area (Å²) in [7, 11) is 0. The molecule has 4 nitrogen and oxygen atoms in total. The molecule has 0 amide bonds. The Balaban J connectivity index is 2.24. The van der Waals surface area contributed by atoms with E-state index in [1.807, 2.05) is 0 Å². The maximum Gasteiger partial charge on any atom is 0.191 e. The molecule has 0 bridgehead atoms. The highest BCUT2D eigenvalue weighted by molar-refractivity contribution is 5.79. The number of hydrogen-bond donors (Lipinski definition) is 2. The number of nitrogens with zero attached hydrogens (tertiary/aromatic N) is 2. The van der Waals surface area contributed by atoms with Crippen LogP contribution in [0.25, 0.3) is 0 Å². The van der Waals surface area contributed by atoms with Crippen LogP contribution >= 0.6 is 0 Å². The van der Waals surface area contributed by atoms with Crippen LogP contribution in [0.15, 0.2) is 4.99 Å². The summed E-state index contributed by atoms with van der Waals surface area (Å²) in [6, 6.07) is 0. The van der Waals surface area contributed by atoms with E-state index in [9.17, 15) is 0 Å². The molecular weight excluding hydrogens is 236 g/mol. The molecule has 0 spiro atoms. The fourth-order valence-electron chi connectivity index (χ4n) is 2.31. The Hall–Kier alpha value is -0.770. The Morgan fingerprint density at radius 1 is 1.11 bits per heavy atom. The van der Waals surface area contributed by atoms with Gasteiger partial charge in [-0.3, -0.25) is 4.99 Å². The smallest absolute Gasteiger partial charge is 0.191 e. The van der Waals surface area contributed by atoms with Crippen LogP contribution in [-0.2, 0) is 0 Å².